The fourth-order valence-electron chi connectivity index (χ4n) is 6.67. The summed E-state index contributed by atoms with van der Waals surface area (Å²) in [6.07, 6.45) is 6.06. The van der Waals surface area contributed by atoms with Crippen molar-refractivity contribution in [1.82, 2.24) is 4.90 Å². The van der Waals surface area contributed by atoms with Crippen molar-refractivity contribution in [2.75, 3.05) is 13.2 Å². The number of likely N-dealkylation sites (tertiary alicyclic amines) is 1. The molecule has 1 aliphatic carbocycles. The van der Waals surface area contributed by atoms with E-state index in [1.54, 1.807) is 6.07 Å². The van der Waals surface area contributed by atoms with E-state index >= 15 is 0 Å². The van der Waals surface area contributed by atoms with Gasteiger partial charge in [-0.25, -0.2) is 4.39 Å². The van der Waals surface area contributed by atoms with E-state index in [1.165, 1.54) is 17.0 Å². The van der Waals surface area contributed by atoms with E-state index in [1.807, 2.05) is 13.0 Å². The molecule has 4 atom stereocenters. The molecule has 2 amide bonds. The highest BCUT2D eigenvalue weighted by molar-refractivity contribution is 6.43. The number of carbonyl (C=O) groups excluding carboxylic acids is 2. The van der Waals surface area contributed by atoms with Gasteiger partial charge < -0.3 is 25.0 Å². The molecule has 3 aliphatic rings. The number of aliphatic hydroxyl groups excluding tert-OH is 1. The number of nitrogens with zero attached hydrogens (tertiary/aromatic N) is 1. The smallest absolute Gasteiger partial charge is 0.455 e. The number of hydrogen-bond acceptors (Lipinski definition) is 7. The predicted molar refractivity (Wildman–Crippen MR) is 150 cm³/mol. The highest BCUT2D eigenvalue weighted by atomic mass is 19.1. The summed E-state index contributed by atoms with van der Waals surface area (Å²) in [5.41, 5.74) is 3.15. The largest absolute Gasteiger partial charge is 0.505 e. The van der Waals surface area contributed by atoms with Crippen molar-refractivity contribution in [1.29, 1.82) is 0 Å². The van der Waals surface area contributed by atoms with Crippen LogP contribution in [0.15, 0.2) is 34.9 Å². The quantitative estimate of drug-likeness (QED) is 0.121. The molecule has 2 heterocycles. The number of aliphatic carboxylic acids is 1. The molecule has 4 N–H and O–H groups in total. The van der Waals surface area contributed by atoms with E-state index in [-0.39, 0.29) is 44.1 Å². The van der Waals surface area contributed by atoms with Crippen LogP contribution in [0.5, 0.6) is 5.75 Å². The Morgan fingerprint density at radius 2 is 1.93 bits per heavy atom. The predicted octanol–water partition coefficient (Wildman–Crippen LogP) is 3.93. The van der Waals surface area contributed by atoms with Gasteiger partial charge in [-0.3, -0.25) is 19.3 Å². The van der Waals surface area contributed by atoms with Crippen LogP contribution in [0, 0.1) is 23.6 Å². The summed E-state index contributed by atoms with van der Waals surface area (Å²) in [7, 11) is -1.12. The van der Waals surface area contributed by atoms with Gasteiger partial charge in [0.05, 0.1) is 24.5 Å². The molecule has 0 saturated carbocycles. The van der Waals surface area contributed by atoms with Gasteiger partial charge in [0.25, 0.3) is 0 Å². The molecule has 2 fully saturated rings. The van der Waals surface area contributed by atoms with Crippen LogP contribution >= 0.6 is 0 Å². The number of amides is 2. The molecule has 1 aromatic rings. The first-order valence-electron chi connectivity index (χ1n) is 14.6. The van der Waals surface area contributed by atoms with Gasteiger partial charge in [-0.05, 0) is 79.6 Å². The monoisotopic (exact) mass is 571 g/mol. The van der Waals surface area contributed by atoms with Crippen LogP contribution in [0.2, 0.25) is 6.32 Å². The zero-order valence-corrected chi connectivity index (χ0v) is 23.4. The lowest BCUT2D eigenvalue weighted by Crippen LogP contribution is -2.46. The van der Waals surface area contributed by atoms with Gasteiger partial charge in [-0.1, -0.05) is 37.5 Å². The molecule has 41 heavy (non-hydrogen) atoms. The maximum atomic E-state index is 13.9. The zero-order chi connectivity index (χ0) is 29.7. The lowest BCUT2D eigenvalue weighted by molar-refractivity contribution is -0.141. The molecule has 9 nitrogen and oxygen atoms in total. The fourth-order valence-corrected chi connectivity index (χ4v) is 6.67. The summed E-state index contributed by atoms with van der Waals surface area (Å²) in [6, 6.07) is 4.22. The Kier molecular flexibility index (Phi) is 10.4. The molecule has 0 unspecified atom stereocenters. The molecule has 1 aromatic carbocycles. The standard InChI is InChI=1S/C30H39BFNO8/c1-2-6-18(13-19-8-10-24(35)23(32)14-19)9-11-25-27-20(17-34)15-21-28(22(27)16-31(40)41-25)30(39)33(29(21)38)12-5-3-4-7-26(36)37/h8,10,13-14,21-22,25,28,34-35,40H,2-7,9,11-12,15-17H2,1H3,(H,36,37)/b18-13+/t21-,22+,25-,28-/m1/s1. The van der Waals surface area contributed by atoms with Gasteiger partial charge in [0, 0.05) is 13.0 Å². The molecular formula is C30H39BFNO8. The summed E-state index contributed by atoms with van der Waals surface area (Å²) in [5, 5.41) is 39.3. The van der Waals surface area contributed by atoms with E-state index in [2.05, 4.69) is 0 Å². The first-order chi connectivity index (χ1) is 19.6. The minimum Gasteiger partial charge on any atom is -0.505 e. The van der Waals surface area contributed by atoms with Gasteiger partial charge in [-0.2, -0.15) is 0 Å². The lowest BCUT2D eigenvalue weighted by atomic mass is 9.58. The molecule has 222 valence electrons. The van der Waals surface area contributed by atoms with Crippen molar-refractivity contribution < 1.29 is 43.8 Å². The number of phenols is 1. The number of halogens is 1. The van der Waals surface area contributed by atoms with Gasteiger partial charge in [-0.15, -0.1) is 0 Å². The van der Waals surface area contributed by atoms with Gasteiger partial charge in [0.2, 0.25) is 11.8 Å². The number of aromatic hydroxyl groups is 1. The summed E-state index contributed by atoms with van der Waals surface area (Å²) < 4.78 is 19.9. The molecular weight excluding hydrogens is 532 g/mol. The first-order valence-corrected chi connectivity index (χ1v) is 14.6. The van der Waals surface area contributed by atoms with Crippen molar-refractivity contribution in [3.8, 4) is 5.75 Å². The third-order valence-electron chi connectivity index (χ3n) is 8.50. The second kappa shape index (κ2) is 13.8. The summed E-state index contributed by atoms with van der Waals surface area (Å²) in [5.74, 6) is -4.17. The number of hydrogen-bond donors (Lipinski definition) is 4. The Morgan fingerprint density at radius 1 is 1.15 bits per heavy atom. The van der Waals surface area contributed by atoms with Crippen LogP contribution in [0.1, 0.15) is 70.3 Å². The third kappa shape index (κ3) is 7.08. The highest BCUT2D eigenvalue weighted by Crippen LogP contribution is 2.50. The van der Waals surface area contributed by atoms with E-state index in [9.17, 15) is 34.0 Å². The van der Waals surface area contributed by atoms with Gasteiger partial charge >= 0.3 is 13.1 Å². The van der Waals surface area contributed by atoms with Crippen LogP contribution in [0.25, 0.3) is 6.08 Å². The Balaban J connectivity index is 1.51. The average molecular weight is 571 g/mol. The number of fused-ring (bicyclic) bond motifs is 3. The lowest BCUT2D eigenvalue weighted by Gasteiger charge is -2.43. The van der Waals surface area contributed by atoms with Crippen LogP contribution < -0.4 is 0 Å². The van der Waals surface area contributed by atoms with Gasteiger partial charge in [0.1, 0.15) is 0 Å². The molecule has 0 spiro atoms. The number of aliphatic hydroxyl groups is 1. The fraction of sp³-hybridized carbons (Fsp3) is 0.567. The second-order valence-electron chi connectivity index (χ2n) is 11.3. The number of carbonyl (C=O) groups is 3. The number of imide groups is 1. The van der Waals surface area contributed by atoms with E-state index in [0.717, 1.165) is 24.0 Å². The number of benzene rings is 1. The Morgan fingerprint density at radius 3 is 2.61 bits per heavy atom. The van der Waals surface area contributed by atoms with Crippen LogP contribution in [-0.4, -0.2) is 69.4 Å². The van der Waals surface area contributed by atoms with Crippen molar-refractivity contribution in [3.63, 3.8) is 0 Å². The van der Waals surface area contributed by atoms with E-state index in [0.29, 0.717) is 43.2 Å². The first kappa shape index (κ1) is 30.9. The summed E-state index contributed by atoms with van der Waals surface area (Å²) >= 11 is 0. The normalized spacial score (nSPS) is 24.6. The highest BCUT2D eigenvalue weighted by Gasteiger charge is 2.57. The van der Waals surface area contributed by atoms with E-state index < -0.39 is 48.5 Å². The SMILES string of the molecule is CCC/C(=C\c1ccc(O)c(F)c1)CC[C@H]1OB(O)C[C@H]2C1=C(CO)C[C@H]1C(=O)N(CCCCCC(=O)O)C(=O)[C@H]12. The molecule has 2 aliphatic heterocycles. The minimum absolute atomic E-state index is 0.0443. The third-order valence-corrected chi connectivity index (χ3v) is 8.50. The zero-order valence-electron chi connectivity index (χ0n) is 23.4. The molecule has 4 rings (SSSR count). The second-order valence-corrected chi connectivity index (χ2v) is 11.3. The number of phenolic OH excluding ortho intramolecular Hbond substituents is 1. The maximum Gasteiger partial charge on any atom is 0.455 e. The van der Waals surface area contributed by atoms with Crippen LogP contribution in [0.4, 0.5) is 4.39 Å². The number of carboxylic acid groups (broad SMARTS) is 1. The minimum atomic E-state index is -1.12. The number of unbranched alkanes of at least 4 members (excludes halogenated alkanes) is 2. The van der Waals surface area contributed by atoms with Crippen LogP contribution in [0.3, 0.4) is 0 Å². The number of carboxylic acids is 1. The van der Waals surface area contributed by atoms with Crippen molar-refractivity contribution in [2.45, 2.75) is 77.1 Å². The maximum absolute atomic E-state index is 13.9. The van der Waals surface area contributed by atoms with Crippen molar-refractivity contribution >= 4 is 31.0 Å². The van der Waals surface area contributed by atoms with Crippen molar-refractivity contribution in [2.24, 2.45) is 17.8 Å². The molecule has 11 heteroatoms. The Hall–Kier alpha value is -3.02. The molecule has 0 radical (unpaired) electrons. The average Bonchev–Trinajstić information content (AvgIpc) is 3.17. The number of rotatable bonds is 13. The van der Waals surface area contributed by atoms with E-state index in [4.69, 9.17) is 9.76 Å². The topological polar surface area (TPSA) is 145 Å². The number of allylic oxidation sites excluding steroid dienone is 1. The molecule has 2 saturated heterocycles. The Bertz CT molecular complexity index is 1220. The Labute approximate surface area is 239 Å². The molecule has 0 bridgehead atoms. The summed E-state index contributed by atoms with van der Waals surface area (Å²) in [4.78, 5) is 38.9. The van der Waals surface area contributed by atoms with Crippen LogP contribution in [-0.2, 0) is 19.0 Å². The summed E-state index contributed by atoms with van der Waals surface area (Å²) in [6.45, 7) is 1.99. The van der Waals surface area contributed by atoms with Crippen molar-refractivity contribution in [3.05, 3.63) is 46.3 Å². The van der Waals surface area contributed by atoms with Gasteiger partial charge in [0.15, 0.2) is 11.6 Å². The molecule has 0 aromatic heterocycles.